The molecule has 5 nitrogen and oxygen atoms in total. The van der Waals surface area contributed by atoms with Crippen molar-refractivity contribution in [3.63, 3.8) is 0 Å². The molecule has 0 aliphatic carbocycles. The van der Waals surface area contributed by atoms with E-state index in [1.54, 1.807) is 0 Å². The lowest BCUT2D eigenvalue weighted by atomic mass is 10.00. The Bertz CT molecular complexity index is 2300. The zero-order valence-electron chi connectivity index (χ0n) is 25.1. The Kier molecular flexibility index (Phi) is 6.77. The molecule has 0 saturated heterocycles. The number of para-hydroxylation sites is 1. The van der Waals surface area contributed by atoms with Gasteiger partial charge in [0, 0.05) is 44.3 Å². The molecule has 8 rings (SSSR count). The van der Waals surface area contributed by atoms with Gasteiger partial charge in [0.2, 0.25) is 0 Å². The molecule has 8 aromatic rings. The van der Waals surface area contributed by atoms with E-state index in [2.05, 4.69) is 60.0 Å². The van der Waals surface area contributed by atoms with E-state index < -0.39 is 0 Å². The van der Waals surface area contributed by atoms with Gasteiger partial charge in [-0.1, -0.05) is 121 Å². The number of fused-ring (bicyclic) bond motifs is 3. The first-order valence-corrected chi connectivity index (χ1v) is 15.2. The van der Waals surface area contributed by atoms with E-state index in [1.807, 2.05) is 103 Å². The lowest BCUT2D eigenvalue weighted by molar-refractivity contribution is 0.103. The molecule has 0 atom stereocenters. The van der Waals surface area contributed by atoms with E-state index in [0.29, 0.717) is 28.6 Å². The van der Waals surface area contributed by atoms with Crippen molar-refractivity contribution in [1.82, 2.24) is 19.5 Å². The van der Waals surface area contributed by atoms with Gasteiger partial charge >= 0.3 is 0 Å². The molecular weight excluding hydrogens is 564 g/mol. The molecule has 0 saturated carbocycles. The highest BCUT2D eigenvalue weighted by atomic mass is 16.1. The maximum absolute atomic E-state index is 13.8. The largest absolute Gasteiger partial charge is 0.309 e. The van der Waals surface area contributed by atoms with E-state index in [1.165, 1.54) is 5.56 Å². The molecule has 0 bridgehead atoms. The summed E-state index contributed by atoms with van der Waals surface area (Å²) < 4.78 is 2.26. The van der Waals surface area contributed by atoms with Crippen molar-refractivity contribution in [3.8, 4) is 39.9 Å². The second-order valence-corrected chi connectivity index (χ2v) is 11.4. The van der Waals surface area contributed by atoms with E-state index in [9.17, 15) is 4.79 Å². The van der Waals surface area contributed by atoms with Crippen molar-refractivity contribution in [2.75, 3.05) is 0 Å². The predicted octanol–water partition coefficient (Wildman–Crippen LogP) is 9.51. The van der Waals surface area contributed by atoms with Crippen molar-refractivity contribution in [3.05, 3.63) is 168 Å². The summed E-state index contributed by atoms with van der Waals surface area (Å²) in [4.78, 5) is 28.2. The van der Waals surface area contributed by atoms with Crippen molar-refractivity contribution in [1.29, 1.82) is 0 Å². The number of hydrogen-bond acceptors (Lipinski definition) is 4. The Hall–Kier alpha value is -6.20. The maximum Gasteiger partial charge on any atom is 0.193 e. The minimum atomic E-state index is -0.0359. The Morgan fingerprint density at radius 1 is 0.478 bits per heavy atom. The number of rotatable bonds is 6. The SMILES string of the molecule is Cc1ccc(-n2c3ccccc3c3cc(C(=O)c4ccc(-c5nc(-c6ccccc6)nc(-c6ccccc6)n5)cc4)ccc32)cc1. The number of ketones is 1. The van der Waals surface area contributed by atoms with Gasteiger partial charge in [0.25, 0.3) is 0 Å². The van der Waals surface area contributed by atoms with Crippen molar-refractivity contribution in [2.45, 2.75) is 6.92 Å². The normalized spacial score (nSPS) is 11.2. The first kappa shape index (κ1) is 27.4. The maximum atomic E-state index is 13.8. The molecule has 2 aromatic heterocycles. The molecule has 2 heterocycles. The molecule has 0 fully saturated rings. The Morgan fingerprint density at radius 2 is 0.978 bits per heavy atom. The van der Waals surface area contributed by atoms with Gasteiger partial charge in [0.1, 0.15) is 0 Å². The second-order valence-electron chi connectivity index (χ2n) is 11.4. The fourth-order valence-corrected chi connectivity index (χ4v) is 5.96. The molecule has 6 aromatic carbocycles. The lowest BCUT2D eigenvalue weighted by Crippen LogP contribution is -2.02. The summed E-state index contributed by atoms with van der Waals surface area (Å²) in [5.74, 6) is 1.72. The number of aromatic nitrogens is 4. The number of hydrogen-bond donors (Lipinski definition) is 0. The Balaban J connectivity index is 1.16. The minimum Gasteiger partial charge on any atom is -0.309 e. The van der Waals surface area contributed by atoms with Crippen LogP contribution < -0.4 is 0 Å². The van der Waals surface area contributed by atoms with Crippen molar-refractivity contribution >= 4 is 27.6 Å². The average molecular weight is 593 g/mol. The molecule has 0 spiro atoms. The van der Waals surface area contributed by atoms with Crippen LogP contribution in [0.5, 0.6) is 0 Å². The highest BCUT2D eigenvalue weighted by molar-refractivity contribution is 6.15. The van der Waals surface area contributed by atoms with Gasteiger partial charge in [0.15, 0.2) is 23.3 Å². The van der Waals surface area contributed by atoms with Gasteiger partial charge < -0.3 is 4.57 Å². The smallest absolute Gasteiger partial charge is 0.193 e. The molecule has 0 aliphatic rings. The summed E-state index contributed by atoms with van der Waals surface area (Å²) >= 11 is 0. The summed E-state index contributed by atoms with van der Waals surface area (Å²) in [6.45, 7) is 2.09. The number of carbonyl (C=O) groups is 1. The molecule has 5 heteroatoms. The molecule has 0 amide bonds. The van der Waals surface area contributed by atoms with Gasteiger partial charge in [-0.3, -0.25) is 4.79 Å². The summed E-state index contributed by atoms with van der Waals surface area (Å²) in [6, 6.07) is 50.2. The van der Waals surface area contributed by atoms with Crippen LogP contribution >= 0.6 is 0 Å². The summed E-state index contributed by atoms with van der Waals surface area (Å²) in [5, 5.41) is 2.16. The summed E-state index contributed by atoms with van der Waals surface area (Å²) in [6.07, 6.45) is 0. The minimum absolute atomic E-state index is 0.0359. The predicted molar refractivity (Wildman–Crippen MR) is 185 cm³/mol. The Morgan fingerprint density at radius 3 is 1.59 bits per heavy atom. The number of aryl methyl sites for hydroxylation is 1. The zero-order valence-corrected chi connectivity index (χ0v) is 25.1. The van der Waals surface area contributed by atoms with Gasteiger partial charge in [-0.15, -0.1) is 0 Å². The summed E-state index contributed by atoms with van der Waals surface area (Å²) in [5.41, 5.74) is 8.36. The number of benzene rings is 6. The highest BCUT2D eigenvalue weighted by Crippen LogP contribution is 2.33. The van der Waals surface area contributed by atoms with Crippen LogP contribution in [0.1, 0.15) is 21.5 Å². The van der Waals surface area contributed by atoms with Crippen molar-refractivity contribution < 1.29 is 4.79 Å². The van der Waals surface area contributed by atoms with Crippen LogP contribution in [0.25, 0.3) is 61.7 Å². The standard InChI is InChI=1S/C41H28N4O/c1-27-16-23-33(24-17-27)45-36-15-9-8-14-34(36)35-26-32(22-25-37(35)45)38(46)28-18-20-31(21-19-28)41-43-39(29-10-4-2-5-11-29)42-40(44-41)30-12-6-3-7-13-30/h2-26H,1H3. The van der Waals surface area contributed by atoms with Crippen LogP contribution in [0.2, 0.25) is 0 Å². The van der Waals surface area contributed by atoms with E-state index in [0.717, 1.165) is 44.2 Å². The third-order valence-electron chi connectivity index (χ3n) is 8.33. The first-order chi connectivity index (χ1) is 22.6. The monoisotopic (exact) mass is 592 g/mol. The molecule has 218 valence electrons. The van der Waals surface area contributed by atoms with Crippen LogP contribution in [0, 0.1) is 6.92 Å². The van der Waals surface area contributed by atoms with Crippen LogP contribution in [0.3, 0.4) is 0 Å². The van der Waals surface area contributed by atoms with Gasteiger partial charge in [-0.25, -0.2) is 15.0 Å². The highest BCUT2D eigenvalue weighted by Gasteiger charge is 2.17. The fourth-order valence-electron chi connectivity index (χ4n) is 5.96. The zero-order chi connectivity index (χ0) is 31.0. The van der Waals surface area contributed by atoms with E-state index in [-0.39, 0.29) is 5.78 Å². The van der Waals surface area contributed by atoms with Gasteiger partial charge in [-0.05, 0) is 43.3 Å². The molecular formula is C41H28N4O. The topological polar surface area (TPSA) is 60.7 Å². The van der Waals surface area contributed by atoms with Gasteiger partial charge in [-0.2, -0.15) is 0 Å². The number of carbonyl (C=O) groups excluding carboxylic acids is 1. The van der Waals surface area contributed by atoms with Gasteiger partial charge in [0.05, 0.1) is 11.0 Å². The van der Waals surface area contributed by atoms with E-state index in [4.69, 9.17) is 15.0 Å². The number of nitrogens with zero attached hydrogens (tertiary/aromatic N) is 4. The molecule has 0 aliphatic heterocycles. The van der Waals surface area contributed by atoms with Crippen LogP contribution in [0.4, 0.5) is 0 Å². The molecule has 0 N–H and O–H groups in total. The first-order valence-electron chi connectivity index (χ1n) is 15.2. The third kappa shape index (κ3) is 4.94. The molecule has 0 unspecified atom stereocenters. The van der Waals surface area contributed by atoms with Crippen LogP contribution in [-0.2, 0) is 0 Å². The molecule has 0 radical (unpaired) electrons. The lowest BCUT2D eigenvalue weighted by Gasteiger charge is -2.09. The fraction of sp³-hybridized carbons (Fsp3) is 0.0244. The van der Waals surface area contributed by atoms with Crippen molar-refractivity contribution in [2.24, 2.45) is 0 Å². The molecule has 46 heavy (non-hydrogen) atoms. The quantitative estimate of drug-likeness (QED) is 0.180. The van der Waals surface area contributed by atoms with Crippen LogP contribution in [0.15, 0.2) is 152 Å². The third-order valence-corrected chi connectivity index (χ3v) is 8.33. The average Bonchev–Trinajstić information content (AvgIpc) is 3.46. The second kappa shape index (κ2) is 11.4. The van der Waals surface area contributed by atoms with E-state index >= 15 is 0 Å². The Labute approximate surface area is 266 Å². The van der Waals surface area contributed by atoms with Crippen LogP contribution in [-0.4, -0.2) is 25.3 Å². The summed E-state index contributed by atoms with van der Waals surface area (Å²) in [7, 11) is 0.